The maximum Gasteiger partial charge on any atom is 0.224 e. The Bertz CT molecular complexity index is 489. The predicted octanol–water partition coefficient (Wildman–Crippen LogP) is 2.15. The van der Waals surface area contributed by atoms with Crippen molar-refractivity contribution in [2.75, 3.05) is 23.9 Å². The highest BCUT2D eigenvalue weighted by Crippen LogP contribution is 2.26. The predicted molar refractivity (Wildman–Crippen MR) is 83.4 cm³/mol. The van der Waals surface area contributed by atoms with Gasteiger partial charge in [-0.15, -0.1) is 0 Å². The minimum Gasteiger partial charge on any atom is -0.495 e. The second-order valence-electron chi connectivity index (χ2n) is 4.75. The van der Waals surface area contributed by atoms with Gasteiger partial charge in [-0.05, 0) is 24.6 Å². The zero-order chi connectivity index (χ0) is 15.1. The van der Waals surface area contributed by atoms with Gasteiger partial charge in [0.05, 0.1) is 12.8 Å². The summed E-state index contributed by atoms with van der Waals surface area (Å²) in [6.45, 7) is 3.82. The summed E-state index contributed by atoms with van der Waals surface area (Å²) in [5.74, 6) is 0.979. The molecular weight excluding hydrogens is 276 g/mol. The molecule has 6 heteroatoms. The molecule has 0 fully saturated rings. The van der Waals surface area contributed by atoms with Gasteiger partial charge in [0.25, 0.3) is 0 Å². The van der Waals surface area contributed by atoms with Crippen LogP contribution in [0.25, 0.3) is 0 Å². The van der Waals surface area contributed by atoms with Gasteiger partial charge in [-0.1, -0.05) is 13.8 Å². The minimum absolute atomic E-state index is 0.130. The van der Waals surface area contributed by atoms with E-state index >= 15 is 0 Å². The Morgan fingerprint density at radius 1 is 1.45 bits per heavy atom. The van der Waals surface area contributed by atoms with E-state index in [2.05, 4.69) is 5.32 Å². The summed E-state index contributed by atoms with van der Waals surface area (Å²) < 4.78 is 16.7. The lowest BCUT2D eigenvalue weighted by molar-refractivity contribution is -0.116. The molecule has 20 heavy (non-hydrogen) atoms. The number of ether oxygens (including phenoxy) is 1. The fourth-order valence-electron chi connectivity index (χ4n) is 1.65. The molecule has 112 valence electrons. The molecule has 0 bridgehead atoms. The molecule has 1 amide bonds. The lowest BCUT2D eigenvalue weighted by atomic mass is 10.2. The van der Waals surface area contributed by atoms with E-state index in [9.17, 15) is 9.00 Å². The maximum absolute atomic E-state index is 11.8. The Hall–Kier alpha value is -1.56. The molecule has 0 aliphatic rings. The van der Waals surface area contributed by atoms with Crippen LogP contribution in [0.1, 0.15) is 26.7 Å². The molecular formula is C14H22N2O3S. The number of hydrogen-bond acceptors (Lipinski definition) is 4. The molecule has 0 heterocycles. The first kappa shape index (κ1) is 16.5. The molecule has 1 aromatic rings. The Morgan fingerprint density at radius 3 is 2.75 bits per heavy atom. The first-order chi connectivity index (χ1) is 9.43. The second-order valence-corrected chi connectivity index (χ2v) is 6.86. The number of benzene rings is 1. The van der Waals surface area contributed by atoms with Crippen molar-refractivity contribution in [2.24, 2.45) is 0 Å². The van der Waals surface area contributed by atoms with Crippen LogP contribution in [0.3, 0.4) is 0 Å². The quantitative estimate of drug-likeness (QED) is 0.756. The first-order valence-electron chi connectivity index (χ1n) is 6.54. The van der Waals surface area contributed by atoms with Crippen molar-refractivity contribution < 1.29 is 13.7 Å². The van der Waals surface area contributed by atoms with Crippen molar-refractivity contribution in [1.82, 2.24) is 0 Å². The first-order valence-corrected chi connectivity index (χ1v) is 7.92. The highest BCUT2D eigenvalue weighted by atomic mass is 32.2. The molecule has 0 aliphatic carbocycles. The number of hydrogen-bond donors (Lipinski definition) is 2. The van der Waals surface area contributed by atoms with Crippen molar-refractivity contribution in [1.29, 1.82) is 0 Å². The van der Waals surface area contributed by atoms with Crippen molar-refractivity contribution in [2.45, 2.75) is 31.9 Å². The Kier molecular flexibility index (Phi) is 6.51. The molecule has 5 nitrogen and oxygen atoms in total. The molecule has 1 unspecified atom stereocenters. The molecule has 1 atom stereocenters. The van der Waals surface area contributed by atoms with Gasteiger partial charge >= 0.3 is 0 Å². The Morgan fingerprint density at radius 2 is 2.15 bits per heavy atom. The standard InChI is InChI=1S/C14H22N2O3S/c1-10(2)20(18)8-4-5-14(17)16-12-9-11(15)6-7-13(12)19-3/h6-7,9-10H,4-5,8,15H2,1-3H3,(H,16,17). The van der Waals surface area contributed by atoms with E-state index in [-0.39, 0.29) is 11.2 Å². The van der Waals surface area contributed by atoms with Crippen LogP contribution in [-0.2, 0) is 15.6 Å². The molecule has 0 aromatic heterocycles. The summed E-state index contributed by atoms with van der Waals surface area (Å²) in [6, 6.07) is 5.07. The number of nitrogens with two attached hydrogens (primary N) is 1. The maximum atomic E-state index is 11.8. The summed E-state index contributed by atoms with van der Waals surface area (Å²) in [5.41, 5.74) is 6.80. The third-order valence-corrected chi connectivity index (χ3v) is 4.52. The summed E-state index contributed by atoms with van der Waals surface area (Å²) in [7, 11) is 0.666. The second kappa shape index (κ2) is 7.89. The van der Waals surface area contributed by atoms with E-state index in [1.807, 2.05) is 13.8 Å². The fourth-order valence-corrected chi connectivity index (χ4v) is 2.55. The van der Waals surface area contributed by atoms with Crippen molar-refractivity contribution in [3.63, 3.8) is 0 Å². The highest BCUT2D eigenvalue weighted by Gasteiger charge is 2.10. The Labute approximate surface area is 122 Å². The number of nitrogens with one attached hydrogen (secondary N) is 1. The smallest absolute Gasteiger partial charge is 0.224 e. The van der Waals surface area contributed by atoms with E-state index in [4.69, 9.17) is 10.5 Å². The normalized spacial score (nSPS) is 12.2. The molecule has 0 saturated carbocycles. The van der Waals surface area contributed by atoms with Crippen LogP contribution in [0.5, 0.6) is 5.75 Å². The third kappa shape index (κ3) is 5.21. The number of carbonyl (C=O) groups is 1. The van der Waals surface area contributed by atoms with Gasteiger partial charge in [0.1, 0.15) is 5.75 Å². The van der Waals surface area contributed by atoms with Crippen LogP contribution in [0, 0.1) is 0 Å². The average Bonchev–Trinajstić information content (AvgIpc) is 2.38. The lowest BCUT2D eigenvalue weighted by Crippen LogP contribution is -2.15. The van der Waals surface area contributed by atoms with E-state index < -0.39 is 10.8 Å². The van der Waals surface area contributed by atoms with Crippen molar-refractivity contribution in [3.8, 4) is 5.75 Å². The van der Waals surface area contributed by atoms with E-state index in [0.717, 1.165) is 0 Å². The number of anilines is 2. The summed E-state index contributed by atoms with van der Waals surface area (Å²) in [4.78, 5) is 11.8. The average molecular weight is 298 g/mol. The van der Waals surface area contributed by atoms with E-state index in [0.29, 0.717) is 35.7 Å². The molecule has 1 rings (SSSR count). The molecule has 3 N–H and O–H groups in total. The van der Waals surface area contributed by atoms with Gasteiger partial charge < -0.3 is 15.8 Å². The van der Waals surface area contributed by atoms with Gasteiger partial charge in [0, 0.05) is 33.9 Å². The fraction of sp³-hybridized carbons (Fsp3) is 0.500. The SMILES string of the molecule is COc1ccc(N)cc1NC(=O)CCCS(=O)C(C)C. The Balaban J connectivity index is 2.50. The summed E-state index contributed by atoms with van der Waals surface area (Å²) in [5, 5.41) is 2.89. The summed E-state index contributed by atoms with van der Waals surface area (Å²) in [6.07, 6.45) is 0.928. The van der Waals surface area contributed by atoms with Crippen LogP contribution in [0.2, 0.25) is 0 Å². The third-order valence-electron chi connectivity index (χ3n) is 2.77. The van der Waals surface area contributed by atoms with Crippen molar-refractivity contribution in [3.05, 3.63) is 18.2 Å². The van der Waals surface area contributed by atoms with Crippen LogP contribution in [0.15, 0.2) is 18.2 Å². The number of nitrogen functional groups attached to an aromatic ring is 1. The minimum atomic E-state index is -0.869. The van der Waals surface area contributed by atoms with Gasteiger partial charge in [0.2, 0.25) is 5.91 Å². The molecule has 0 spiro atoms. The number of rotatable bonds is 7. The molecule has 0 radical (unpaired) electrons. The summed E-state index contributed by atoms with van der Waals surface area (Å²) >= 11 is 0. The van der Waals surface area contributed by atoms with Gasteiger partial charge in [0.15, 0.2) is 0 Å². The molecule has 0 saturated heterocycles. The molecule has 1 aromatic carbocycles. The largest absolute Gasteiger partial charge is 0.495 e. The van der Waals surface area contributed by atoms with E-state index in [1.54, 1.807) is 18.2 Å². The van der Waals surface area contributed by atoms with Crippen LogP contribution >= 0.6 is 0 Å². The number of carbonyl (C=O) groups excluding carboxylic acids is 1. The topological polar surface area (TPSA) is 81.4 Å². The number of amides is 1. The monoisotopic (exact) mass is 298 g/mol. The zero-order valence-corrected chi connectivity index (χ0v) is 13.0. The van der Waals surface area contributed by atoms with Crippen molar-refractivity contribution >= 4 is 28.1 Å². The zero-order valence-electron chi connectivity index (χ0n) is 12.1. The van der Waals surface area contributed by atoms with Gasteiger partial charge in [-0.3, -0.25) is 9.00 Å². The van der Waals surface area contributed by atoms with Gasteiger partial charge in [-0.2, -0.15) is 0 Å². The molecule has 0 aliphatic heterocycles. The number of methoxy groups -OCH3 is 1. The highest BCUT2D eigenvalue weighted by molar-refractivity contribution is 7.85. The van der Waals surface area contributed by atoms with Crippen LogP contribution in [-0.4, -0.2) is 28.2 Å². The van der Waals surface area contributed by atoms with Gasteiger partial charge in [-0.25, -0.2) is 0 Å². The lowest BCUT2D eigenvalue weighted by Gasteiger charge is -2.11. The van der Waals surface area contributed by atoms with Crippen LogP contribution in [0.4, 0.5) is 11.4 Å². The van der Waals surface area contributed by atoms with E-state index in [1.165, 1.54) is 7.11 Å². The van der Waals surface area contributed by atoms with Crippen LogP contribution < -0.4 is 15.8 Å².